The molecule has 0 aliphatic heterocycles. The summed E-state index contributed by atoms with van der Waals surface area (Å²) in [5.41, 5.74) is 2.06. The van der Waals surface area contributed by atoms with Crippen molar-refractivity contribution in [2.45, 2.75) is 38.5 Å². The highest BCUT2D eigenvalue weighted by atomic mass is 32.2. The minimum atomic E-state index is -0.499. The van der Waals surface area contributed by atoms with Gasteiger partial charge >= 0.3 is 0 Å². The van der Waals surface area contributed by atoms with Gasteiger partial charge in [-0.25, -0.2) is 0 Å². The number of carbonyl (C=O) groups excluding carboxylic acids is 2. The van der Waals surface area contributed by atoms with E-state index in [-0.39, 0.29) is 29.3 Å². The normalized spacial score (nSPS) is 11.6. The lowest BCUT2D eigenvalue weighted by molar-refractivity contribution is -0.384. The molecule has 0 bridgehead atoms. The van der Waals surface area contributed by atoms with Gasteiger partial charge in [-0.2, -0.15) is 0 Å². The second-order valence-corrected chi connectivity index (χ2v) is 8.23. The molecule has 33 heavy (non-hydrogen) atoms. The van der Waals surface area contributed by atoms with Crippen molar-refractivity contribution in [2.24, 2.45) is 0 Å². The van der Waals surface area contributed by atoms with E-state index in [1.54, 1.807) is 12.1 Å². The minimum absolute atomic E-state index is 0.0467. The minimum Gasteiger partial charge on any atom is -0.342 e. The van der Waals surface area contributed by atoms with E-state index in [1.807, 2.05) is 37.5 Å². The van der Waals surface area contributed by atoms with Crippen LogP contribution in [0.1, 0.15) is 41.6 Å². The summed E-state index contributed by atoms with van der Waals surface area (Å²) in [7, 11) is 0. The fourth-order valence-corrected chi connectivity index (χ4v) is 3.88. The number of aryl methyl sites for hydroxylation is 1. The molecule has 0 unspecified atom stereocenters. The van der Waals surface area contributed by atoms with Crippen LogP contribution in [0.2, 0.25) is 0 Å². The summed E-state index contributed by atoms with van der Waals surface area (Å²) >= 11 is 1.22. The molecule has 0 saturated carbocycles. The summed E-state index contributed by atoms with van der Waals surface area (Å²) in [4.78, 5) is 35.0. The first-order chi connectivity index (χ1) is 15.8. The van der Waals surface area contributed by atoms with Crippen molar-refractivity contribution in [1.82, 2.24) is 20.1 Å². The molecule has 2 amide bonds. The number of thioether (sulfide) groups is 1. The van der Waals surface area contributed by atoms with Crippen LogP contribution < -0.4 is 10.6 Å². The Balaban J connectivity index is 1.60. The van der Waals surface area contributed by atoms with Crippen LogP contribution >= 0.6 is 11.8 Å². The molecule has 0 saturated heterocycles. The molecule has 11 heteroatoms. The average molecular weight is 469 g/mol. The number of aromatic nitrogens is 3. The van der Waals surface area contributed by atoms with E-state index < -0.39 is 4.92 Å². The fraction of sp³-hybridized carbons (Fsp3) is 0.273. The van der Waals surface area contributed by atoms with Crippen LogP contribution in [0.25, 0.3) is 0 Å². The molecule has 0 aliphatic carbocycles. The maximum atomic E-state index is 12.5. The largest absolute Gasteiger partial charge is 0.342 e. The Morgan fingerprint density at radius 3 is 2.39 bits per heavy atom. The Morgan fingerprint density at radius 1 is 1.12 bits per heavy atom. The van der Waals surface area contributed by atoms with Crippen molar-refractivity contribution >= 4 is 35.0 Å². The molecule has 3 rings (SSSR count). The van der Waals surface area contributed by atoms with Crippen LogP contribution in [0.5, 0.6) is 0 Å². The summed E-state index contributed by atoms with van der Waals surface area (Å²) in [6, 6.07) is 12.5. The summed E-state index contributed by atoms with van der Waals surface area (Å²) < 4.78 is 1.85. The molecule has 172 valence electrons. The Morgan fingerprint density at radius 2 is 1.79 bits per heavy atom. The molecule has 1 atom stereocenters. The van der Waals surface area contributed by atoms with Gasteiger partial charge in [0.05, 0.1) is 16.7 Å². The number of anilines is 1. The number of amides is 2. The van der Waals surface area contributed by atoms with E-state index in [9.17, 15) is 19.7 Å². The standard InChI is InChI=1S/C22H24N6O4S/c1-4-27-20(15(3)23-21(30)16-7-5-14(2)6-8-16)25-26-22(27)33-13-19(29)24-17-9-11-18(12-10-17)28(31)32/h5-12,15H,4,13H2,1-3H3,(H,23,30)(H,24,29)/t15-/m1/s1. The number of hydrogen-bond donors (Lipinski definition) is 2. The molecule has 0 fully saturated rings. The van der Waals surface area contributed by atoms with Gasteiger partial charge in [-0.15, -0.1) is 10.2 Å². The first-order valence-corrected chi connectivity index (χ1v) is 11.2. The van der Waals surface area contributed by atoms with Crippen molar-refractivity contribution in [1.29, 1.82) is 0 Å². The third-order valence-corrected chi connectivity index (χ3v) is 5.77. The second kappa shape index (κ2) is 10.7. The highest BCUT2D eigenvalue weighted by Gasteiger charge is 2.20. The van der Waals surface area contributed by atoms with E-state index in [1.165, 1.54) is 36.0 Å². The predicted molar refractivity (Wildman–Crippen MR) is 125 cm³/mol. The van der Waals surface area contributed by atoms with Crippen molar-refractivity contribution in [2.75, 3.05) is 11.1 Å². The quantitative estimate of drug-likeness (QED) is 0.278. The number of carbonyl (C=O) groups is 2. The summed E-state index contributed by atoms with van der Waals surface area (Å²) in [6.07, 6.45) is 0. The van der Waals surface area contributed by atoms with Crippen molar-refractivity contribution in [3.63, 3.8) is 0 Å². The summed E-state index contributed by atoms with van der Waals surface area (Å²) in [5.74, 6) is 0.196. The van der Waals surface area contributed by atoms with E-state index in [0.29, 0.717) is 28.8 Å². The molecular formula is C22H24N6O4S. The Hall–Kier alpha value is -3.73. The molecule has 0 radical (unpaired) electrons. The zero-order valence-corrected chi connectivity index (χ0v) is 19.3. The maximum absolute atomic E-state index is 12.5. The fourth-order valence-electron chi connectivity index (χ4n) is 3.07. The number of nitro groups is 1. The van der Waals surface area contributed by atoms with Crippen LogP contribution in [0.3, 0.4) is 0 Å². The van der Waals surface area contributed by atoms with Crippen LogP contribution in [-0.2, 0) is 11.3 Å². The first-order valence-electron chi connectivity index (χ1n) is 10.3. The monoisotopic (exact) mass is 468 g/mol. The zero-order valence-electron chi connectivity index (χ0n) is 18.4. The molecule has 2 aromatic carbocycles. The number of nitrogens with zero attached hydrogens (tertiary/aromatic N) is 4. The van der Waals surface area contributed by atoms with Crippen LogP contribution in [0.15, 0.2) is 53.7 Å². The lowest BCUT2D eigenvalue weighted by atomic mass is 10.1. The molecule has 0 aliphatic rings. The molecule has 3 aromatic rings. The highest BCUT2D eigenvalue weighted by Crippen LogP contribution is 2.22. The Labute approximate surface area is 194 Å². The van der Waals surface area contributed by atoms with Crippen LogP contribution in [0.4, 0.5) is 11.4 Å². The van der Waals surface area contributed by atoms with Gasteiger partial charge in [0.1, 0.15) is 0 Å². The van der Waals surface area contributed by atoms with Gasteiger partial charge in [-0.05, 0) is 45.0 Å². The number of rotatable bonds is 9. The smallest absolute Gasteiger partial charge is 0.269 e. The number of nitrogens with one attached hydrogen (secondary N) is 2. The molecule has 1 heterocycles. The van der Waals surface area contributed by atoms with Gasteiger partial charge in [-0.1, -0.05) is 29.5 Å². The predicted octanol–water partition coefficient (Wildman–Crippen LogP) is 3.74. The van der Waals surface area contributed by atoms with E-state index >= 15 is 0 Å². The lowest BCUT2D eigenvalue weighted by Crippen LogP contribution is -2.28. The SMILES string of the molecule is CCn1c(SCC(=O)Nc2ccc([N+](=O)[O-])cc2)nnc1[C@@H](C)NC(=O)c1ccc(C)cc1. The highest BCUT2D eigenvalue weighted by molar-refractivity contribution is 7.99. The molecule has 1 aromatic heterocycles. The van der Waals surface area contributed by atoms with Gasteiger partial charge in [0.25, 0.3) is 11.6 Å². The van der Waals surface area contributed by atoms with Crippen LogP contribution in [0, 0.1) is 17.0 Å². The first kappa shape index (κ1) is 23.9. The topological polar surface area (TPSA) is 132 Å². The van der Waals surface area contributed by atoms with Crippen molar-refractivity contribution in [3.8, 4) is 0 Å². The Bertz CT molecular complexity index is 1140. The summed E-state index contributed by atoms with van der Waals surface area (Å²) in [6.45, 7) is 6.29. The molecule has 10 nitrogen and oxygen atoms in total. The van der Waals surface area contributed by atoms with Crippen molar-refractivity contribution in [3.05, 3.63) is 75.6 Å². The zero-order chi connectivity index (χ0) is 24.0. The number of non-ortho nitro benzene ring substituents is 1. The van der Waals surface area contributed by atoms with Gasteiger partial charge in [0, 0.05) is 29.9 Å². The van der Waals surface area contributed by atoms with Gasteiger partial charge in [-0.3, -0.25) is 19.7 Å². The van der Waals surface area contributed by atoms with Crippen molar-refractivity contribution < 1.29 is 14.5 Å². The average Bonchev–Trinajstić information content (AvgIpc) is 3.21. The third-order valence-electron chi connectivity index (χ3n) is 4.80. The number of hydrogen-bond acceptors (Lipinski definition) is 7. The molecule has 2 N–H and O–H groups in total. The lowest BCUT2D eigenvalue weighted by Gasteiger charge is -2.15. The van der Waals surface area contributed by atoms with E-state index in [2.05, 4.69) is 20.8 Å². The third kappa shape index (κ3) is 6.16. The second-order valence-electron chi connectivity index (χ2n) is 7.29. The van der Waals surface area contributed by atoms with Gasteiger partial charge in [0.2, 0.25) is 5.91 Å². The van der Waals surface area contributed by atoms with Gasteiger partial charge in [0.15, 0.2) is 11.0 Å². The van der Waals surface area contributed by atoms with E-state index in [4.69, 9.17) is 0 Å². The van der Waals surface area contributed by atoms with E-state index in [0.717, 1.165) is 5.56 Å². The Kier molecular flexibility index (Phi) is 7.78. The number of nitro benzene ring substituents is 1. The van der Waals surface area contributed by atoms with Gasteiger partial charge < -0.3 is 15.2 Å². The summed E-state index contributed by atoms with van der Waals surface area (Å²) in [5, 5.41) is 25.3. The maximum Gasteiger partial charge on any atom is 0.269 e. The molecule has 0 spiro atoms. The number of benzene rings is 2. The van der Waals surface area contributed by atoms with Crippen LogP contribution in [-0.4, -0.2) is 37.3 Å². The molecular weight excluding hydrogens is 444 g/mol.